The number of rotatable bonds is 9. The number of aromatic nitrogens is 1. The molecule has 1 N–H and O–H groups in total. The molecule has 1 aromatic carbocycles. The first-order valence-corrected chi connectivity index (χ1v) is 11.9. The van der Waals surface area contributed by atoms with Crippen LogP contribution in [0.2, 0.25) is 0 Å². The summed E-state index contributed by atoms with van der Waals surface area (Å²) < 4.78 is 18.7. The summed E-state index contributed by atoms with van der Waals surface area (Å²) in [5.41, 5.74) is 1.21. The SMILES string of the molecule is CCc1nc(CN2CCC(CNC(=NC)N(C)CCOc3ccc(F)cc3)CC2)cs1. The van der Waals surface area contributed by atoms with Crippen LogP contribution in [-0.4, -0.2) is 67.6 Å². The lowest BCUT2D eigenvalue weighted by Crippen LogP contribution is -2.44. The van der Waals surface area contributed by atoms with Gasteiger partial charge in [-0.2, -0.15) is 0 Å². The van der Waals surface area contributed by atoms with Crippen molar-refractivity contribution in [2.45, 2.75) is 32.7 Å². The molecule has 1 aliphatic heterocycles. The van der Waals surface area contributed by atoms with Gasteiger partial charge in [-0.3, -0.25) is 9.89 Å². The summed E-state index contributed by atoms with van der Waals surface area (Å²) in [7, 11) is 3.81. The van der Waals surface area contributed by atoms with Crippen molar-refractivity contribution in [3.8, 4) is 5.75 Å². The second kappa shape index (κ2) is 12.0. The molecule has 0 radical (unpaired) electrons. The van der Waals surface area contributed by atoms with Crippen LogP contribution in [-0.2, 0) is 13.0 Å². The summed E-state index contributed by atoms with van der Waals surface area (Å²) in [6, 6.07) is 6.10. The van der Waals surface area contributed by atoms with Crippen LogP contribution in [0.25, 0.3) is 0 Å². The van der Waals surface area contributed by atoms with Crippen molar-refractivity contribution >= 4 is 17.3 Å². The third-order valence-corrected chi connectivity index (χ3v) is 6.67. The van der Waals surface area contributed by atoms with Gasteiger partial charge in [0, 0.05) is 32.6 Å². The highest BCUT2D eigenvalue weighted by molar-refractivity contribution is 7.09. The largest absolute Gasteiger partial charge is 0.492 e. The maximum atomic E-state index is 13.0. The molecule has 1 saturated heterocycles. The molecule has 1 aliphatic rings. The van der Waals surface area contributed by atoms with Crippen molar-refractivity contribution in [1.82, 2.24) is 20.1 Å². The molecule has 1 aromatic heterocycles. The number of hydrogen-bond donors (Lipinski definition) is 1. The third-order valence-electron chi connectivity index (χ3n) is 5.63. The number of halogens is 1. The van der Waals surface area contributed by atoms with E-state index in [-0.39, 0.29) is 5.82 Å². The van der Waals surface area contributed by atoms with Crippen molar-refractivity contribution < 1.29 is 9.13 Å². The Bertz CT molecular complexity index is 818. The van der Waals surface area contributed by atoms with Gasteiger partial charge in [0.2, 0.25) is 0 Å². The number of likely N-dealkylation sites (tertiary alicyclic amines) is 1. The molecule has 6 nitrogen and oxygen atoms in total. The number of piperidine rings is 1. The van der Waals surface area contributed by atoms with Gasteiger partial charge in [-0.15, -0.1) is 11.3 Å². The molecule has 8 heteroatoms. The van der Waals surface area contributed by atoms with Gasteiger partial charge in [0.1, 0.15) is 18.2 Å². The van der Waals surface area contributed by atoms with E-state index in [0.717, 1.165) is 38.6 Å². The normalized spacial score (nSPS) is 15.8. The number of nitrogens with zero attached hydrogens (tertiary/aromatic N) is 4. The van der Waals surface area contributed by atoms with Gasteiger partial charge in [0.05, 0.1) is 17.2 Å². The number of guanidine groups is 1. The monoisotopic (exact) mass is 447 g/mol. The molecule has 31 heavy (non-hydrogen) atoms. The van der Waals surface area contributed by atoms with Crippen LogP contribution in [0, 0.1) is 11.7 Å². The van der Waals surface area contributed by atoms with E-state index in [1.165, 1.54) is 35.7 Å². The van der Waals surface area contributed by atoms with E-state index in [1.807, 2.05) is 7.05 Å². The number of aryl methyl sites for hydroxylation is 1. The van der Waals surface area contributed by atoms with Crippen LogP contribution in [0.5, 0.6) is 5.75 Å². The Morgan fingerprint density at radius 3 is 2.71 bits per heavy atom. The Morgan fingerprint density at radius 1 is 1.32 bits per heavy atom. The highest BCUT2D eigenvalue weighted by Crippen LogP contribution is 2.19. The fourth-order valence-corrected chi connectivity index (χ4v) is 4.46. The lowest BCUT2D eigenvalue weighted by atomic mass is 9.97. The first-order valence-electron chi connectivity index (χ1n) is 11.0. The zero-order valence-electron chi connectivity index (χ0n) is 18.8. The molecule has 2 aromatic rings. The maximum Gasteiger partial charge on any atom is 0.193 e. The smallest absolute Gasteiger partial charge is 0.193 e. The summed E-state index contributed by atoms with van der Waals surface area (Å²) in [4.78, 5) is 13.7. The Balaban J connectivity index is 1.34. The fraction of sp³-hybridized carbons (Fsp3) is 0.565. The highest BCUT2D eigenvalue weighted by atomic mass is 32.1. The Labute approximate surface area is 189 Å². The van der Waals surface area contributed by atoms with Crippen molar-refractivity contribution in [3.63, 3.8) is 0 Å². The van der Waals surface area contributed by atoms with Crippen molar-refractivity contribution in [2.75, 3.05) is 46.9 Å². The quantitative estimate of drug-likeness (QED) is 0.470. The molecule has 3 rings (SSSR count). The van der Waals surface area contributed by atoms with Crippen molar-refractivity contribution in [2.24, 2.45) is 10.9 Å². The number of nitrogens with one attached hydrogen (secondary N) is 1. The Kier molecular flexibility index (Phi) is 9.09. The van der Waals surface area contributed by atoms with Crippen molar-refractivity contribution in [1.29, 1.82) is 0 Å². The minimum Gasteiger partial charge on any atom is -0.492 e. The lowest BCUT2D eigenvalue weighted by molar-refractivity contribution is 0.176. The molecule has 0 aliphatic carbocycles. The minimum atomic E-state index is -0.256. The minimum absolute atomic E-state index is 0.256. The summed E-state index contributed by atoms with van der Waals surface area (Å²) in [5.74, 6) is 1.94. The molecular formula is C23H34FN5OS. The zero-order chi connectivity index (χ0) is 22.1. The molecule has 2 heterocycles. The van der Waals surface area contributed by atoms with E-state index in [9.17, 15) is 4.39 Å². The van der Waals surface area contributed by atoms with E-state index in [0.29, 0.717) is 24.8 Å². The molecule has 0 amide bonds. The van der Waals surface area contributed by atoms with Gasteiger partial charge in [-0.05, 0) is 62.5 Å². The molecule has 1 fully saturated rings. The molecule has 0 atom stereocenters. The lowest BCUT2D eigenvalue weighted by Gasteiger charge is -2.32. The number of hydrogen-bond acceptors (Lipinski definition) is 5. The molecular weight excluding hydrogens is 413 g/mol. The molecule has 0 saturated carbocycles. The molecule has 0 bridgehead atoms. The van der Waals surface area contributed by atoms with E-state index in [4.69, 9.17) is 9.72 Å². The van der Waals surface area contributed by atoms with Gasteiger partial charge in [-0.1, -0.05) is 6.92 Å². The van der Waals surface area contributed by atoms with E-state index < -0.39 is 0 Å². The Morgan fingerprint density at radius 2 is 2.06 bits per heavy atom. The third kappa shape index (κ3) is 7.47. The number of benzene rings is 1. The van der Waals surface area contributed by atoms with Gasteiger partial charge in [0.25, 0.3) is 0 Å². The maximum absolute atomic E-state index is 13.0. The predicted molar refractivity (Wildman–Crippen MR) is 125 cm³/mol. The van der Waals surface area contributed by atoms with Crippen LogP contribution < -0.4 is 10.1 Å². The summed E-state index contributed by atoms with van der Waals surface area (Å²) >= 11 is 1.77. The zero-order valence-corrected chi connectivity index (χ0v) is 19.6. The average molecular weight is 448 g/mol. The summed E-state index contributed by atoms with van der Waals surface area (Å²) in [6.45, 7) is 7.50. The Hall–Kier alpha value is -2.19. The predicted octanol–water partition coefficient (Wildman–Crippen LogP) is 3.64. The molecule has 170 valence electrons. The van der Waals surface area contributed by atoms with Gasteiger partial charge in [0.15, 0.2) is 5.96 Å². The number of aliphatic imine (C=N–C) groups is 1. The summed E-state index contributed by atoms with van der Waals surface area (Å²) in [5, 5.41) is 6.94. The van der Waals surface area contributed by atoms with Crippen LogP contribution in [0.3, 0.4) is 0 Å². The van der Waals surface area contributed by atoms with Gasteiger partial charge in [-0.25, -0.2) is 9.37 Å². The second-order valence-electron chi connectivity index (χ2n) is 7.96. The fourth-order valence-electron chi connectivity index (χ4n) is 3.72. The molecule has 0 spiro atoms. The van der Waals surface area contributed by atoms with E-state index in [1.54, 1.807) is 30.5 Å². The average Bonchev–Trinajstić information content (AvgIpc) is 3.24. The van der Waals surface area contributed by atoms with Gasteiger partial charge >= 0.3 is 0 Å². The number of thiazole rings is 1. The van der Waals surface area contributed by atoms with Crippen molar-refractivity contribution in [3.05, 3.63) is 46.2 Å². The van der Waals surface area contributed by atoms with Crippen LogP contribution >= 0.6 is 11.3 Å². The van der Waals surface area contributed by atoms with Gasteiger partial charge < -0.3 is 15.0 Å². The first-order chi connectivity index (χ1) is 15.1. The topological polar surface area (TPSA) is 53.0 Å². The second-order valence-corrected chi connectivity index (χ2v) is 8.90. The van der Waals surface area contributed by atoms with Crippen LogP contribution in [0.4, 0.5) is 4.39 Å². The van der Waals surface area contributed by atoms with E-state index in [2.05, 4.69) is 32.4 Å². The first kappa shape index (κ1) is 23.5. The summed E-state index contributed by atoms with van der Waals surface area (Å²) in [6.07, 6.45) is 3.39. The van der Waals surface area contributed by atoms with E-state index >= 15 is 0 Å². The van der Waals surface area contributed by atoms with Crippen LogP contribution in [0.1, 0.15) is 30.5 Å². The standard InChI is InChI=1S/C23H34FN5OS/c1-4-22-27-20(17-31-22)16-29-11-9-18(10-12-29)15-26-23(25-2)28(3)13-14-30-21-7-5-19(24)6-8-21/h5-8,17-18H,4,9-16H2,1-3H3,(H,25,26). The number of ether oxygens (including phenoxy) is 1. The molecule has 0 unspecified atom stereocenters. The highest BCUT2D eigenvalue weighted by Gasteiger charge is 2.20. The van der Waals surface area contributed by atoms with Crippen LogP contribution in [0.15, 0.2) is 34.6 Å². The number of likely N-dealkylation sites (N-methyl/N-ethyl adjacent to an activating group) is 1.